The number of nitrogens with zero attached hydrogens (tertiary/aromatic N) is 9. The van der Waals surface area contributed by atoms with E-state index in [4.69, 9.17) is 34.9 Å². The Morgan fingerprint density at radius 1 is 0.188 bits per heavy atom. The number of anilines is 6. The second-order valence-corrected chi connectivity index (χ2v) is 19.3. The summed E-state index contributed by atoms with van der Waals surface area (Å²) in [6.07, 6.45) is 0. The van der Waals surface area contributed by atoms with E-state index in [2.05, 4.69) is 155 Å². The molecule has 9 heteroatoms. The molecule has 14 rings (SSSR count). The molecule has 0 spiro atoms. The van der Waals surface area contributed by atoms with Crippen molar-refractivity contribution in [3.05, 3.63) is 285 Å². The molecule has 1 aliphatic rings. The summed E-state index contributed by atoms with van der Waals surface area (Å²) < 4.78 is 0. The maximum atomic E-state index is 5.47. The Hall–Kier alpha value is -11.0. The first-order valence-corrected chi connectivity index (χ1v) is 26.6. The molecular weight excluding hydrogens is 979 g/mol. The first-order valence-electron chi connectivity index (χ1n) is 26.6. The van der Waals surface area contributed by atoms with Crippen molar-refractivity contribution in [1.29, 1.82) is 0 Å². The van der Waals surface area contributed by atoms with Gasteiger partial charge in [0.25, 0.3) is 0 Å². The number of rotatable bonds is 11. The Morgan fingerprint density at radius 3 is 0.925 bits per heavy atom. The first-order chi connectivity index (χ1) is 39.7. The van der Waals surface area contributed by atoms with Crippen LogP contribution in [0.15, 0.2) is 285 Å². The normalized spacial score (nSPS) is 11.7. The molecule has 3 aromatic heterocycles. The van der Waals surface area contributed by atoms with Gasteiger partial charge in [-0.2, -0.15) is 0 Å². The summed E-state index contributed by atoms with van der Waals surface area (Å²) in [5.74, 6) is 3.46. The lowest BCUT2D eigenvalue weighted by atomic mass is 9.93. The first kappa shape index (κ1) is 47.4. The van der Waals surface area contributed by atoms with E-state index in [1.807, 2.05) is 140 Å². The average Bonchev–Trinajstić information content (AvgIpc) is 3.66. The molecule has 10 aromatic carbocycles. The maximum absolute atomic E-state index is 5.47. The van der Waals surface area contributed by atoms with Crippen LogP contribution in [-0.2, 0) is 0 Å². The maximum Gasteiger partial charge on any atom is 0.166 e. The van der Waals surface area contributed by atoms with E-state index < -0.39 is 0 Å². The van der Waals surface area contributed by atoms with Gasteiger partial charge in [-0.1, -0.05) is 237 Å². The van der Waals surface area contributed by atoms with Gasteiger partial charge in [0.2, 0.25) is 0 Å². The van der Waals surface area contributed by atoms with E-state index in [-0.39, 0.29) is 0 Å². The summed E-state index contributed by atoms with van der Waals surface area (Å²) in [5, 5.41) is 0. The number of benzene rings is 10. The highest BCUT2D eigenvalue weighted by Gasteiger charge is 2.34. The second-order valence-electron chi connectivity index (χ2n) is 19.3. The SMILES string of the molecule is c1ccc(-c2cc(N3c4ccccc4N(c4cc(-c5ccccc5)c(-c5nc(-c6ccccc6)cc(-c6ccccc6)n5)cc4-c4nc(-c5ccccc5)nc(-c5ccccc5)n4)c4ccccc43)nc(-c3ccccc3)n2)cc1. The molecule has 80 heavy (non-hydrogen) atoms. The molecule has 13 aromatic rings. The van der Waals surface area contributed by atoms with Crippen molar-refractivity contribution in [3.63, 3.8) is 0 Å². The zero-order valence-corrected chi connectivity index (χ0v) is 43.2. The van der Waals surface area contributed by atoms with Crippen LogP contribution in [0.1, 0.15) is 0 Å². The number of hydrogen-bond donors (Lipinski definition) is 0. The van der Waals surface area contributed by atoms with E-state index in [1.165, 1.54) is 0 Å². The van der Waals surface area contributed by atoms with E-state index in [0.29, 0.717) is 29.1 Å². The average molecular weight is 1030 g/mol. The van der Waals surface area contributed by atoms with E-state index in [1.54, 1.807) is 0 Å². The minimum absolute atomic E-state index is 0.476. The molecule has 0 saturated carbocycles. The Kier molecular flexibility index (Phi) is 12.3. The van der Waals surface area contributed by atoms with Gasteiger partial charge in [0.05, 0.1) is 45.5 Å². The van der Waals surface area contributed by atoms with Gasteiger partial charge in [-0.25, -0.2) is 34.9 Å². The van der Waals surface area contributed by atoms with Crippen molar-refractivity contribution in [2.75, 3.05) is 9.80 Å². The van der Waals surface area contributed by atoms with Crippen molar-refractivity contribution in [1.82, 2.24) is 34.9 Å². The summed E-state index contributed by atoms with van der Waals surface area (Å²) in [7, 11) is 0. The number of fused-ring (bicyclic) bond motifs is 2. The zero-order chi connectivity index (χ0) is 53.2. The molecule has 9 nitrogen and oxygen atoms in total. The Morgan fingerprint density at radius 2 is 0.500 bits per heavy atom. The van der Waals surface area contributed by atoms with Crippen LogP contribution in [0.2, 0.25) is 0 Å². The van der Waals surface area contributed by atoms with Gasteiger partial charge in [0.15, 0.2) is 29.1 Å². The van der Waals surface area contributed by atoms with Crippen LogP contribution in [0.25, 0.3) is 102 Å². The minimum Gasteiger partial charge on any atom is -0.306 e. The lowest BCUT2D eigenvalue weighted by Gasteiger charge is -2.40. The predicted octanol–water partition coefficient (Wildman–Crippen LogP) is 17.7. The molecular formula is C71H47N9. The Labute approximate surface area is 463 Å². The van der Waals surface area contributed by atoms with E-state index >= 15 is 0 Å². The van der Waals surface area contributed by atoms with E-state index in [9.17, 15) is 0 Å². The number of aromatic nitrogens is 7. The van der Waals surface area contributed by atoms with Crippen molar-refractivity contribution >= 4 is 34.3 Å². The van der Waals surface area contributed by atoms with Gasteiger partial charge in [-0.15, -0.1) is 0 Å². The standard InChI is InChI=1S/C71H47N9/c1-8-26-48(27-9-1)55-45-65(79-61-40-22-24-42-63(61)80(64-43-25-23-41-62(64)79)66-47-60(51-32-14-4-15-33-51)72-67(75-66)52-34-16-5-17-35-52)57(71-77-68(53-36-18-6-19-37-53)76-69(78-71)54-38-20-7-21-39-54)44-56(55)70-73-58(49-28-10-2-11-29-49)46-59(74-70)50-30-12-3-13-31-50/h1-47H. The van der Waals surface area contributed by atoms with Gasteiger partial charge in [-0.3, -0.25) is 4.90 Å². The van der Waals surface area contributed by atoms with Crippen LogP contribution >= 0.6 is 0 Å². The molecule has 0 bridgehead atoms. The molecule has 376 valence electrons. The van der Waals surface area contributed by atoms with Crippen LogP contribution in [0.3, 0.4) is 0 Å². The minimum atomic E-state index is 0.476. The van der Waals surface area contributed by atoms with Crippen LogP contribution in [0, 0.1) is 0 Å². The zero-order valence-electron chi connectivity index (χ0n) is 43.2. The third kappa shape index (κ3) is 9.10. The quantitative estimate of drug-likeness (QED) is 0.125. The topological polar surface area (TPSA) is 96.7 Å². The molecule has 0 N–H and O–H groups in total. The molecule has 0 radical (unpaired) electrons. The molecule has 1 aliphatic heterocycles. The summed E-state index contributed by atoms with van der Waals surface area (Å²) in [5.41, 5.74) is 15.9. The van der Waals surface area contributed by atoms with E-state index in [0.717, 1.165) is 107 Å². The summed E-state index contributed by atoms with van der Waals surface area (Å²) >= 11 is 0. The third-order valence-corrected chi connectivity index (χ3v) is 14.3. The van der Waals surface area contributed by atoms with Gasteiger partial charge in [0, 0.05) is 50.6 Å². The molecule has 0 fully saturated rings. The fourth-order valence-electron chi connectivity index (χ4n) is 10.5. The highest BCUT2D eigenvalue weighted by molar-refractivity contribution is 6.05. The molecule has 0 amide bonds. The van der Waals surface area contributed by atoms with Crippen molar-refractivity contribution < 1.29 is 0 Å². The van der Waals surface area contributed by atoms with Crippen LogP contribution in [-0.4, -0.2) is 34.9 Å². The smallest absolute Gasteiger partial charge is 0.166 e. The summed E-state index contributed by atoms with van der Waals surface area (Å²) in [6.45, 7) is 0. The third-order valence-electron chi connectivity index (χ3n) is 14.3. The Balaban J connectivity index is 1.07. The van der Waals surface area contributed by atoms with Crippen LogP contribution < -0.4 is 9.80 Å². The number of para-hydroxylation sites is 4. The second kappa shape index (κ2) is 20.8. The highest BCUT2D eigenvalue weighted by Crippen LogP contribution is 2.56. The monoisotopic (exact) mass is 1030 g/mol. The summed E-state index contributed by atoms with van der Waals surface area (Å²) in [4.78, 5) is 42.2. The molecule has 0 unspecified atom stereocenters. The molecule has 0 atom stereocenters. The fraction of sp³-hybridized carbons (Fsp3) is 0. The Bertz CT molecular complexity index is 4120. The predicted molar refractivity (Wildman–Crippen MR) is 323 cm³/mol. The summed E-state index contributed by atoms with van der Waals surface area (Å²) in [6, 6.07) is 97.4. The molecule has 0 aliphatic carbocycles. The van der Waals surface area contributed by atoms with Gasteiger partial charge in [0.1, 0.15) is 5.82 Å². The lowest BCUT2D eigenvalue weighted by molar-refractivity contribution is 1.07. The van der Waals surface area contributed by atoms with Crippen LogP contribution in [0.5, 0.6) is 0 Å². The highest BCUT2D eigenvalue weighted by atomic mass is 15.3. The van der Waals surface area contributed by atoms with Gasteiger partial charge < -0.3 is 4.90 Å². The molecule has 4 heterocycles. The van der Waals surface area contributed by atoms with Crippen molar-refractivity contribution in [2.24, 2.45) is 0 Å². The van der Waals surface area contributed by atoms with Crippen molar-refractivity contribution in [2.45, 2.75) is 0 Å². The lowest BCUT2D eigenvalue weighted by Crippen LogP contribution is -2.25. The fourth-order valence-corrected chi connectivity index (χ4v) is 10.5. The van der Waals surface area contributed by atoms with Gasteiger partial charge in [-0.05, 0) is 53.6 Å². The van der Waals surface area contributed by atoms with Crippen molar-refractivity contribution in [3.8, 4) is 102 Å². The largest absolute Gasteiger partial charge is 0.306 e. The van der Waals surface area contributed by atoms with Crippen LogP contribution in [0.4, 0.5) is 34.3 Å². The molecule has 0 saturated heterocycles. The van der Waals surface area contributed by atoms with Gasteiger partial charge >= 0.3 is 0 Å². The number of hydrogen-bond acceptors (Lipinski definition) is 9.